The zero-order chi connectivity index (χ0) is 20.9. The van der Waals surface area contributed by atoms with Crippen LogP contribution >= 0.6 is 0 Å². The van der Waals surface area contributed by atoms with Crippen LogP contribution in [0.2, 0.25) is 0 Å². The molecular weight excluding hydrogens is 374 g/mol. The highest BCUT2D eigenvalue weighted by Gasteiger charge is 2.54. The van der Waals surface area contributed by atoms with Gasteiger partial charge in [-0.15, -0.1) is 0 Å². The Morgan fingerprint density at radius 2 is 1.77 bits per heavy atom. The van der Waals surface area contributed by atoms with Crippen LogP contribution in [-0.4, -0.2) is 18.6 Å². The second-order valence-electron chi connectivity index (χ2n) is 8.28. The van der Waals surface area contributed by atoms with Crippen LogP contribution in [-0.2, 0) is 5.41 Å². The summed E-state index contributed by atoms with van der Waals surface area (Å²) < 4.78 is 11.9. The third kappa shape index (κ3) is 2.64. The third-order valence-corrected chi connectivity index (χ3v) is 6.23. The second kappa shape index (κ2) is 6.49. The molecule has 150 valence electrons. The van der Waals surface area contributed by atoms with E-state index in [2.05, 4.69) is 31.3 Å². The number of hydrogen-bond donors (Lipinski definition) is 1. The lowest BCUT2D eigenvalue weighted by molar-refractivity contribution is 0.0820. The Kier molecular flexibility index (Phi) is 4.00. The fourth-order valence-corrected chi connectivity index (χ4v) is 4.31. The Bertz CT molecular complexity index is 1180. The van der Waals surface area contributed by atoms with E-state index in [9.17, 15) is 4.79 Å². The largest absolute Gasteiger partial charge is 0.497 e. The molecule has 2 aliphatic heterocycles. The summed E-state index contributed by atoms with van der Waals surface area (Å²) in [6.07, 6.45) is 4.15. The Morgan fingerprint density at radius 3 is 2.53 bits per heavy atom. The molecule has 0 aromatic heterocycles. The molecule has 0 saturated carbocycles. The summed E-state index contributed by atoms with van der Waals surface area (Å²) in [7, 11) is 1.65. The van der Waals surface area contributed by atoms with Crippen LogP contribution in [0.5, 0.6) is 11.5 Å². The van der Waals surface area contributed by atoms with Crippen molar-refractivity contribution >= 4 is 17.5 Å². The first kappa shape index (κ1) is 18.5. The fraction of sp³-hybridized carbons (Fsp3) is 0.192. The van der Waals surface area contributed by atoms with Crippen LogP contribution < -0.4 is 14.8 Å². The minimum Gasteiger partial charge on any atom is -0.497 e. The molecule has 4 heteroatoms. The van der Waals surface area contributed by atoms with E-state index in [1.807, 2.05) is 66.7 Å². The van der Waals surface area contributed by atoms with Crippen LogP contribution in [0.4, 0.5) is 5.69 Å². The van der Waals surface area contributed by atoms with E-state index in [1.165, 1.54) is 0 Å². The predicted octanol–water partition coefficient (Wildman–Crippen LogP) is 5.43. The Hall–Kier alpha value is -3.53. The Morgan fingerprint density at radius 1 is 0.967 bits per heavy atom. The topological polar surface area (TPSA) is 47.6 Å². The van der Waals surface area contributed by atoms with Gasteiger partial charge in [-0.25, -0.2) is 0 Å². The van der Waals surface area contributed by atoms with Gasteiger partial charge < -0.3 is 14.8 Å². The van der Waals surface area contributed by atoms with Gasteiger partial charge in [0, 0.05) is 28.4 Å². The quantitative estimate of drug-likeness (QED) is 0.599. The molecule has 1 spiro atoms. The summed E-state index contributed by atoms with van der Waals surface area (Å²) in [6, 6.07) is 21.0. The van der Waals surface area contributed by atoms with Gasteiger partial charge in [-0.2, -0.15) is 0 Å². The fourth-order valence-electron chi connectivity index (χ4n) is 4.31. The van der Waals surface area contributed by atoms with Crippen LogP contribution in [0.15, 0.2) is 72.8 Å². The minimum absolute atomic E-state index is 0.0188. The van der Waals surface area contributed by atoms with E-state index in [4.69, 9.17) is 9.47 Å². The van der Waals surface area contributed by atoms with Crippen LogP contribution in [0.3, 0.4) is 0 Å². The number of carbonyl (C=O) groups excluding carboxylic acids is 1. The maximum absolute atomic E-state index is 13.0. The van der Waals surface area contributed by atoms with Gasteiger partial charge >= 0.3 is 0 Å². The summed E-state index contributed by atoms with van der Waals surface area (Å²) in [5.41, 5.74) is 3.24. The molecule has 0 saturated heterocycles. The molecule has 3 aromatic carbocycles. The molecule has 1 N–H and O–H groups in total. The summed E-state index contributed by atoms with van der Waals surface area (Å²) >= 11 is 0. The van der Waals surface area contributed by atoms with E-state index in [-0.39, 0.29) is 5.78 Å². The second-order valence-corrected chi connectivity index (χ2v) is 8.28. The first-order chi connectivity index (χ1) is 14.4. The van der Waals surface area contributed by atoms with Crippen LogP contribution in [0.25, 0.3) is 6.08 Å². The molecule has 0 amide bonds. The zero-order valence-electron chi connectivity index (χ0n) is 17.2. The van der Waals surface area contributed by atoms with Crippen LogP contribution in [0, 0.1) is 0 Å². The standard InChI is InChI=1S/C26H23NO3/c1-25(2)21-15-19(24(28)18-7-5-4-6-8-18)10-12-22(21)27-26(25)14-13-17-9-11-20(29-3)16-23(17)30-26/h4-16,27H,1-3H3. The molecule has 0 fully saturated rings. The van der Waals surface area contributed by atoms with Gasteiger partial charge in [-0.1, -0.05) is 30.3 Å². The molecule has 30 heavy (non-hydrogen) atoms. The molecule has 0 radical (unpaired) electrons. The smallest absolute Gasteiger partial charge is 0.209 e. The third-order valence-electron chi connectivity index (χ3n) is 6.23. The molecule has 3 aromatic rings. The predicted molar refractivity (Wildman–Crippen MR) is 118 cm³/mol. The zero-order valence-corrected chi connectivity index (χ0v) is 17.2. The molecule has 0 aliphatic carbocycles. The van der Waals surface area contributed by atoms with Gasteiger partial charge in [0.2, 0.25) is 5.72 Å². The molecule has 2 heterocycles. The molecule has 1 unspecified atom stereocenters. The number of anilines is 1. The molecule has 5 rings (SSSR count). The average molecular weight is 397 g/mol. The Labute approximate surface area is 176 Å². The number of fused-ring (bicyclic) bond motifs is 2. The number of nitrogens with one attached hydrogen (secondary N) is 1. The lowest BCUT2D eigenvalue weighted by atomic mass is 9.76. The monoisotopic (exact) mass is 397 g/mol. The number of carbonyl (C=O) groups is 1. The molecule has 4 nitrogen and oxygen atoms in total. The number of ketones is 1. The molecule has 1 atom stereocenters. The molecule has 2 aliphatic rings. The molecular formula is C26H23NO3. The first-order valence-electron chi connectivity index (χ1n) is 10.0. The van der Waals surface area contributed by atoms with Gasteiger partial charge in [-0.3, -0.25) is 4.79 Å². The normalized spacial score (nSPS) is 20.1. The summed E-state index contributed by atoms with van der Waals surface area (Å²) in [6.45, 7) is 4.27. The van der Waals surface area contributed by atoms with Crippen molar-refractivity contribution in [3.8, 4) is 11.5 Å². The maximum Gasteiger partial charge on any atom is 0.209 e. The first-order valence-corrected chi connectivity index (χ1v) is 10.0. The van der Waals surface area contributed by atoms with Crippen molar-refractivity contribution in [2.45, 2.75) is 25.0 Å². The van der Waals surface area contributed by atoms with Crippen molar-refractivity contribution in [2.75, 3.05) is 12.4 Å². The highest BCUT2D eigenvalue weighted by molar-refractivity contribution is 6.09. The van der Waals surface area contributed by atoms with E-state index < -0.39 is 11.1 Å². The minimum atomic E-state index is -0.747. The Balaban J connectivity index is 1.54. The van der Waals surface area contributed by atoms with Gasteiger partial charge in [0.05, 0.1) is 12.5 Å². The average Bonchev–Trinajstić information content (AvgIpc) is 2.99. The maximum atomic E-state index is 13.0. The number of rotatable bonds is 3. The number of ether oxygens (including phenoxy) is 2. The number of hydrogen-bond acceptors (Lipinski definition) is 4. The summed E-state index contributed by atoms with van der Waals surface area (Å²) in [5, 5.41) is 3.56. The highest BCUT2D eigenvalue weighted by atomic mass is 16.5. The van der Waals surface area contributed by atoms with Gasteiger partial charge in [0.1, 0.15) is 11.5 Å². The van der Waals surface area contributed by atoms with Gasteiger partial charge in [0.15, 0.2) is 5.78 Å². The van der Waals surface area contributed by atoms with E-state index in [0.29, 0.717) is 11.1 Å². The molecule has 0 bridgehead atoms. The lowest BCUT2D eigenvalue weighted by Gasteiger charge is -2.41. The van der Waals surface area contributed by atoms with Gasteiger partial charge in [-0.05, 0) is 61.9 Å². The van der Waals surface area contributed by atoms with Crippen molar-refractivity contribution in [3.63, 3.8) is 0 Å². The van der Waals surface area contributed by atoms with Crippen molar-refractivity contribution in [1.82, 2.24) is 0 Å². The van der Waals surface area contributed by atoms with Crippen molar-refractivity contribution in [1.29, 1.82) is 0 Å². The van der Waals surface area contributed by atoms with Crippen molar-refractivity contribution in [3.05, 3.63) is 95.1 Å². The summed E-state index contributed by atoms with van der Waals surface area (Å²) in [4.78, 5) is 13.0. The van der Waals surface area contributed by atoms with E-state index in [0.717, 1.165) is 28.3 Å². The number of benzene rings is 3. The lowest BCUT2D eigenvalue weighted by Crippen LogP contribution is -2.53. The van der Waals surface area contributed by atoms with Crippen molar-refractivity contribution in [2.24, 2.45) is 0 Å². The van der Waals surface area contributed by atoms with E-state index in [1.54, 1.807) is 7.11 Å². The highest BCUT2D eigenvalue weighted by Crippen LogP contribution is 2.51. The van der Waals surface area contributed by atoms with Crippen molar-refractivity contribution < 1.29 is 14.3 Å². The number of methoxy groups -OCH3 is 1. The SMILES string of the molecule is COc1ccc2c(c1)OC1(C=C2)Nc2ccc(C(=O)c3ccccc3)cc2C1(C)C. The summed E-state index contributed by atoms with van der Waals surface area (Å²) in [5.74, 6) is 1.54. The van der Waals surface area contributed by atoms with Crippen LogP contribution in [0.1, 0.15) is 40.9 Å². The van der Waals surface area contributed by atoms with E-state index >= 15 is 0 Å². The van der Waals surface area contributed by atoms with Gasteiger partial charge in [0.25, 0.3) is 0 Å².